The molecule has 0 radical (unpaired) electrons. The van der Waals surface area contributed by atoms with Crippen molar-refractivity contribution in [2.75, 3.05) is 20.2 Å². The molecule has 0 saturated heterocycles. The number of rotatable bonds is 8. The number of likely N-dealkylation sites (N-methyl/N-ethyl adjacent to an activating group) is 1. The minimum Gasteiger partial charge on any atom is -0.476 e. The zero-order valence-electron chi connectivity index (χ0n) is 13.5. The smallest absolute Gasteiger partial charge is 0.225 e. The molecule has 0 fully saturated rings. The Labute approximate surface area is 138 Å². The normalized spacial score (nSPS) is 10.9. The van der Waals surface area contributed by atoms with Crippen molar-refractivity contribution in [3.63, 3.8) is 0 Å². The van der Waals surface area contributed by atoms with E-state index in [1.807, 2.05) is 18.2 Å². The van der Waals surface area contributed by atoms with Crippen molar-refractivity contribution in [3.8, 4) is 5.88 Å². The van der Waals surface area contributed by atoms with Gasteiger partial charge in [0.2, 0.25) is 16.2 Å². The Balaban J connectivity index is 2.15. The predicted molar refractivity (Wildman–Crippen MR) is 93.5 cm³/mol. The van der Waals surface area contributed by atoms with Crippen molar-refractivity contribution in [2.45, 2.75) is 26.2 Å². The highest BCUT2D eigenvalue weighted by atomic mass is 32.2. The molecule has 0 aliphatic carbocycles. The van der Waals surface area contributed by atoms with E-state index in [0.717, 1.165) is 41.2 Å². The van der Waals surface area contributed by atoms with Crippen molar-refractivity contribution in [3.05, 3.63) is 36.0 Å². The van der Waals surface area contributed by atoms with Crippen molar-refractivity contribution >= 4 is 26.6 Å². The molecule has 2 rings (SSSR count). The van der Waals surface area contributed by atoms with E-state index in [1.165, 1.54) is 0 Å². The van der Waals surface area contributed by atoms with Gasteiger partial charge in [-0.3, -0.25) is 4.90 Å². The molecule has 2 aromatic rings. The summed E-state index contributed by atoms with van der Waals surface area (Å²) in [5, 5.41) is 2.09. The zero-order valence-corrected chi connectivity index (χ0v) is 14.3. The summed E-state index contributed by atoms with van der Waals surface area (Å²) in [4.78, 5) is 6.20. The Kier molecular flexibility index (Phi) is 6.55. The van der Waals surface area contributed by atoms with Gasteiger partial charge in [-0.25, -0.2) is 4.98 Å². The molecule has 1 aromatic carbocycles. The Hall–Kier alpha value is -1.92. The standard InChI is InChI=1S/C17H22N2O3S/c1-3-4-8-15-12-14-7-5-6-9-16(14)17(18-15)22-11-10-19(2)13-23(20)21/h5-7,9,12-13H,3-4,8,10-11H2,1-2H3. The average molecular weight is 334 g/mol. The topological polar surface area (TPSA) is 59.5 Å². The average Bonchev–Trinajstić information content (AvgIpc) is 2.52. The largest absolute Gasteiger partial charge is 0.476 e. The number of fused-ring (bicyclic) bond motifs is 1. The number of pyridine rings is 1. The molecule has 0 atom stereocenters. The van der Waals surface area contributed by atoms with Crippen LogP contribution in [-0.2, 0) is 16.7 Å². The van der Waals surface area contributed by atoms with Gasteiger partial charge >= 0.3 is 0 Å². The van der Waals surface area contributed by atoms with Gasteiger partial charge in [0.1, 0.15) is 12.1 Å². The van der Waals surface area contributed by atoms with Crippen molar-refractivity contribution < 1.29 is 13.2 Å². The lowest BCUT2D eigenvalue weighted by atomic mass is 10.1. The first-order valence-electron chi connectivity index (χ1n) is 7.75. The highest BCUT2D eigenvalue weighted by Gasteiger charge is 2.07. The third kappa shape index (κ3) is 5.33. The molecule has 0 unspecified atom stereocenters. The maximum absolute atomic E-state index is 10.6. The van der Waals surface area contributed by atoms with Crippen LogP contribution in [0.4, 0.5) is 0 Å². The first-order valence-corrected chi connectivity index (χ1v) is 8.88. The fourth-order valence-electron chi connectivity index (χ4n) is 2.30. The number of hydrogen-bond donors (Lipinski definition) is 0. The molecule has 0 amide bonds. The van der Waals surface area contributed by atoms with Crippen LogP contribution in [0.1, 0.15) is 25.5 Å². The van der Waals surface area contributed by atoms with Gasteiger partial charge in [-0.05, 0) is 37.4 Å². The van der Waals surface area contributed by atoms with E-state index >= 15 is 0 Å². The van der Waals surface area contributed by atoms with E-state index in [2.05, 4.69) is 24.0 Å². The van der Waals surface area contributed by atoms with Crippen LogP contribution in [0.25, 0.3) is 10.8 Å². The van der Waals surface area contributed by atoms with Crippen LogP contribution in [0.2, 0.25) is 0 Å². The third-order valence-corrected chi connectivity index (χ3v) is 4.03. The van der Waals surface area contributed by atoms with Gasteiger partial charge in [-0.2, -0.15) is 8.42 Å². The zero-order chi connectivity index (χ0) is 16.7. The summed E-state index contributed by atoms with van der Waals surface area (Å²) >= 11 is 0. The highest BCUT2D eigenvalue weighted by molar-refractivity contribution is 7.71. The van der Waals surface area contributed by atoms with Gasteiger partial charge in [-0.15, -0.1) is 0 Å². The summed E-state index contributed by atoms with van der Waals surface area (Å²) in [6.45, 7) is 3.01. The van der Waals surface area contributed by atoms with E-state index < -0.39 is 10.3 Å². The molecule has 0 bridgehead atoms. The maximum Gasteiger partial charge on any atom is 0.225 e. The minimum atomic E-state index is -2.19. The van der Waals surface area contributed by atoms with E-state index in [0.29, 0.717) is 19.0 Å². The summed E-state index contributed by atoms with van der Waals surface area (Å²) < 4.78 is 27.0. The molecule has 124 valence electrons. The molecule has 0 N–H and O–H groups in total. The Morgan fingerprint density at radius 1 is 1.30 bits per heavy atom. The summed E-state index contributed by atoms with van der Waals surface area (Å²) in [6, 6.07) is 10.1. The minimum absolute atomic E-state index is 0.373. The van der Waals surface area contributed by atoms with Crippen LogP contribution in [-0.4, -0.2) is 44.0 Å². The molecule has 1 aromatic heterocycles. The monoisotopic (exact) mass is 334 g/mol. The number of nitrogens with zero attached hydrogens (tertiary/aromatic N) is 2. The molecule has 5 nitrogen and oxygen atoms in total. The molecular weight excluding hydrogens is 312 g/mol. The molecule has 0 aliphatic heterocycles. The first kappa shape index (κ1) is 17.4. The van der Waals surface area contributed by atoms with Crippen LogP contribution < -0.4 is 4.74 Å². The van der Waals surface area contributed by atoms with Crippen LogP contribution >= 0.6 is 0 Å². The second-order valence-corrected chi connectivity index (χ2v) is 6.17. The van der Waals surface area contributed by atoms with E-state index in [9.17, 15) is 8.42 Å². The van der Waals surface area contributed by atoms with Crippen molar-refractivity contribution in [1.82, 2.24) is 9.88 Å². The summed E-state index contributed by atoms with van der Waals surface area (Å²) in [7, 11) is -0.497. The van der Waals surface area contributed by atoms with Crippen LogP contribution in [0, 0.1) is 0 Å². The van der Waals surface area contributed by atoms with Crippen molar-refractivity contribution in [2.24, 2.45) is 0 Å². The lowest BCUT2D eigenvalue weighted by Gasteiger charge is -2.13. The van der Waals surface area contributed by atoms with E-state index in [4.69, 9.17) is 4.74 Å². The molecule has 0 saturated carbocycles. The fourth-order valence-corrected chi connectivity index (χ4v) is 2.70. The quantitative estimate of drug-likeness (QED) is 0.694. The number of ether oxygens (including phenoxy) is 1. The molecular formula is C17H22N2O3S. The highest BCUT2D eigenvalue weighted by Crippen LogP contribution is 2.25. The van der Waals surface area contributed by atoms with Gasteiger partial charge in [0.25, 0.3) is 0 Å². The van der Waals surface area contributed by atoms with Gasteiger partial charge in [-0.1, -0.05) is 31.5 Å². The molecule has 6 heteroatoms. The maximum atomic E-state index is 10.6. The van der Waals surface area contributed by atoms with Gasteiger partial charge in [0, 0.05) is 17.6 Å². The predicted octanol–water partition coefficient (Wildman–Crippen LogP) is 2.53. The SMILES string of the molecule is CCCCc1cc2ccccc2c(OCCN(C)C=S(=O)=O)n1. The first-order chi connectivity index (χ1) is 11.1. The summed E-state index contributed by atoms with van der Waals surface area (Å²) in [5.41, 5.74) is 2.16. The van der Waals surface area contributed by atoms with Crippen LogP contribution in [0.5, 0.6) is 5.88 Å². The molecule has 1 heterocycles. The lowest BCUT2D eigenvalue weighted by molar-refractivity contribution is 0.280. The van der Waals surface area contributed by atoms with Crippen LogP contribution in [0.3, 0.4) is 0 Å². The summed E-state index contributed by atoms with van der Waals surface area (Å²) in [5.74, 6) is 0.617. The lowest BCUT2D eigenvalue weighted by Crippen LogP contribution is -2.23. The second kappa shape index (κ2) is 8.64. The van der Waals surface area contributed by atoms with Crippen molar-refractivity contribution in [1.29, 1.82) is 0 Å². The number of aryl methyl sites for hydroxylation is 1. The molecule has 0 aliphatic rings. The fraction of sp³-hybridized carbons (Fsp3) is 0.412. The van der Waals surface area contributed by atoms with Crippen LogP contribution in [0.15, 0.2) is 30.3 Å². The van der Waals surface area contributed by atoms with Gasteiger partial charge in [0.15, 0.2) is 0 Å². The number of aromatic nitrogens is 1. The van der Waals surface area contributed by atoms with Gasteiger partial charge in [0.05, 0.1) is 0 Å². The number of unbranched alkanes of at least 4 members (excludes halogenated alkanes) is 1. The molecule has 23 heavy (non-hydrogen) atoms. The number of hydrogen-bond acceptors (Lipinski definition) is 4. The van der Waals surface area contributed by atoms with E-state index in [-0.39, 0.29) is 0 Å². The third-order valence-electron chi connectivity index (χ3n) is 3.49. The summed E-state index contributed by atoms with van der Waals surface area (Å²) in [6.07, 6.45) is 3.15. The second-order valence-electron chi connectivity index (χ2n) is 5.44. The van der Waals surface area contributed by atoms with Gasteiger partial charge < -0.3 is 4.74 Å². The number of benzene rings is 1. The molecule has 0 spiro atoms. The Morgan fingerprint density at radius 2 is 2.09 bits per heavy atom. The Morgan fingerprint density at radius 3 is 2.83 bits per heavy atom. The van der Waals surface area contributed by atoms with E-state index in [1.54, 1.807) is 11.9 Å². The Bertz CT molecular complexity index is 780.